The fourth-order valence-electron chi connectivity index (χ4n) is 7.14. The predicted molar refractivity (Wildman–Crippen MR) is 243 cm³/mol. The topological polar surface area (TPSA) is 78.9 Å². The molecule has 0 aromatic carbocycles. The van der Waals surface area contributed by atoms with Crippen LogP contribution in [0.3, 0.4) is 0 Å². The Hall–Kier alpha value is -2.11. The van der Waals surface area contributed by atoms with Crippen molar-refractivity contribution < 1.29 is 28.6 Å². The van der Waals surface area contributed by atoms with Crippen LogP contribution in [0.4, 0.5) is 0 Å². The van der Waals surface area contributed by atoms with Crippen molar-refractivity contribution in [3.8, 4) is 0 Å². The number of unbranched alkanes of at least 4 members (excludes halogenated alkanes) is 30. The number of carbonyl (C=O) groups excluding carboxylic acids is 3. The molecule has 0 fully saturated rings. The van der Waals surface area contributed by atoms with E-state index < -0.39 is 6.10 Å². The molecule has 0 aromatic rings. The van der Waals surface area contributed by atoms with Gasteiger partial charge in [-0.05, 0) is 70.6 Å². The van der Waals surface area contributed by atoms with Gasteiger partial charge >= 0.3 is 17.9 Å². The third kappa shape index (κ3) is 44.8. The maximum Gasteiger partial charge on any atom is 0.306 e. The van der Waals surface area contributed by atoms with Gasteiger partial charge in [0.05, 0.1) is 0 Å². The van der Waals surface area contributed by atoms with Gasteiger partial charge in [-0.2, -0.15) is 0 Å². The quantitative estimate of drug-likeness (QED) is 0.0264. The highest BCUT2D eigenvalue weighted by Gasteiger charge is 2.19. The van der Waals surface area contributed by atoms with Gasteiger partial charge < -0.3 is 14.2 Å². The summed E-state index contributed by atoms with van der Waals surface area (Å²) in [6.07, 6.45) is 51.6. The zero-order valence-corrected chi connectivity index (χ0v) is 38.1. The molecular formula is C51H94O6. The third-order valence-corrected chi connectivity index (χ3v) is 10.9. The molecule has 0 rings (SSSR count). The summed E-state index contributed by atoms with van der Waals surface area (Å²) in [5, 5.41) is 0. The zero-order valence-electron chi connectivity index (χ0n) is 38.1. The molecule has 0 spiro atoms. The van der Waals surface area contributed by atoms with Gasteiger partial charge in [-0.25, -0.2) is 0 Å². The first-order valence-corrected chi connectivity index (χ1v) is 24.8. The average molecular weight is 803 g/mol. The second kappa shape index (κ2) is 46.6. The van der Waals surface area contributed by atoms with Crippen molar-refractivity contribution >= 4 is 17.9 Å². The molecule has 0 N–H and O–H groups in total. The lowest BCUT2D eigenvalue weighted by Crippen LogP contribution is -2.30. The number of esters is 3. The number of ether oxygens (including phenoxy) is 3. The van der Waals surface area contributed by atoms with E-state index in [2.05, 4.69) is 45.1 Å². The number of allylic oxidation sites excluding steroid dienone is 4. The minimum Gasteiger partial charge on any atom is -0.462 e. The third-order valence-electron chi connectivity index (χ3n) is 10.9. The van der Waals surface area contributed by atoms with Gasteiger partial charge in [-0.15, -0.1) is 0 Å². The van der Waals surface area contributed by atoms with Crippen LogP contribution in [0.1, 0.15) is 265 Å². The van der Waals surface area contributed by atoms with Gasteiger partial charge in [0.2, 0.25) is 0 Å². The smallest absolute Gasteiger partial charge is 0.306 e. The minimum absolute atomic E-state index is 0.0731. The van der Waals surface area contributed by atoms with E-state index in [1.54, 1.807) is 0 Å². The van der Waals surface area contributed by atoms with Crippen molar-refractivity contribution in [2.75, 3.05) is 13.2 Å². The Balaban J connectivity index is 4.31. The maximum atomic E-state index is 12.7. The van der Waals surface area contributed by atoms with E-state index in [1.165, 1.54) is 161 Å². The molecule has 0 amide bonds. The van der Waals surface area contributed by atoms with Gasteiger partial charge in [0.15, 0.2) is 6.10 Å². The van der Waals surface area contributed by atoms with Gasteiger partial charge in [-0.3, -0.25) is 14.4 Å². The summed E-state index contributed by atoms with van der Waals surface area (Å²) >= 11 is 0. The van der Waals surface area contributed by atoms with Gasteiger partial charge in [0.1, 0.15) is 13.2 Å². The Bertz CT molecular complexity index is 927. The molecule has 0 saturated heterocycles. The molecule has 0 aromatic heterocycles. The molecule has 1 atom stereocenters. The van der Waals surface area contributed by atoms with E-state index in [0.717, 1.165) is 64.2 Å². The van der Waals surface area contributed by atoms with Gasteiger partial charge in [0.25, 0.3) is 0 Å². The Kier molecular flexibility index (Phi) is 44.9. The lowest BCUT2D eigenvalue weighted by Gasteiger charge is -2.18. The highest BCUT2D eigenvalue weighted by Crippen LogP contribution is 2.15. The maximum absolute atomic E-state index is 12.7. The second-order valence-corrected chi connectivity index (χ2v) is 16.7. The summed E-state index contributed by atoms with van der Waals surface area (Å²) in [6.45, 7) is 6.60. The Morgan fingerprint density at radius 1 is 0.333 bits per heavy atom. The molecule has 0 aliphatic rings. The Labute approximate surface area is 353 Å². The van der Waals surface area contributed by atoms with E-state index in [0.29, 0.717) is 19.3 Å². The summed E-state index contributed by atoms with van der Waals surface area (Å²) in [5.41, 5.74) is 0. The Morgan fingerprint density at radius 2 is 0.579 bits per heavy atom. The van der Waals surface area contributed by atoms with Crippen molar-refractivity contribution in [3.05, 3.63) is 24.3 Å². The van der Waals surface area contributed by atoms with Crippen molar-refractivity contribution in [1.29, 1.82) is 0 Å². The molecule has 0 bridgehead atoms. The molecule has 0 aliphatic carbocycles. The summed E-state index contributed by atoms with van der Waals surface area (Å²) in [7, 11) is 0. The van der Waals surface area contributed by atoms with Crippen LogP contribution in [-0.2, 0) is 28.6 Å². The van der Waals surface area contributed by atoms with E-state index >= 15 is 0 Å². The fraction of sp³-hybridized carbons (Fsp3) is 0.863. The average Bonchev–Trinajstić information content (AvgIpc) is 3.21. The number of hydrogen-bond acceptors (Lipinski definition) is 6. The van der Waals surface area contributed by atoms with E-state index in [-0.39, 0.29) is 31.1 Å². The van der Waals surface area contributed by atoms with E-state index in [1.807, 2.05) is 0 Å². The van der Waals surface area contributed by atoms with Gasteiger partial charge in [-0.1, -0.05) is 199 Å². The fourth-order valence-corrected chi connectivity index (χ4v) is 7.14. The zero-order chi connectivity index (χ0) is 41.5. The van der Waals surface area contributed by atoms with Crippen molar-refractivity contribution in [1.82, 2.24) is 0 Å². The van der Waals surface area contributed by atoms with Crippen LogP contribution < -0.4 is 0 Å². The monoisotopic (exact) mass is 803 g/mol. The van der Waals surface area contributed by atoms with Crippen LogP contribution >= 0.6 is 0 Å². The number of carbonyl (C=O) groups is 3. The van der Waals surface area contributed by atoms with Crippen molar-refractivity contribution in [3.63, 3.8) is 0 Å². The highest BCUT2D eigenvalue weighted by molar-refractivity contribution is 5.71. The summed E-state index contributed by atoms with van der Waals surface area (Å²) in [6, 6.07) is 0. The summed E-state index contributed by atoms with van der Waals surface area (Å²) < 4.78 is 16.7. The molecule has 0 radical (unpaired) electrons. The molecule has 0 saturated carbocycles. The molecule has 0 unspecified atom stereocenters. The molecule has 334 valence electrons. The largest absolute Gasteiger partial charge is 0.462 e. The molecule has 57 heavy (non-hydrogen) atoms. The lowest BCUT2D eigenvalue weighted by atomic mass is 10.1. The highest BCUT2D eigenvalue weighted by atomic mass is 16.6. The van der Waals surface area contributed by atoms with Crippen molar-refractivity contribution in [2.24, 2.45) is 0 Å². The molecular weight excluding hydrogens is 709 g/mol. The molecule has 6 nitrogen and oxygen atoms in total. The molecule has 0 aliphatic heterocycles. The lowest BCUT2D eigenvalue weighted by molar-refractivity contribution is -0.167. The standard InChI is InChI=1S/C51H94O6/c1-4-7-10-13-16-19-21-23-24-25-26-28-29-32-35-38-41-44-50(53)56-47-48(46-55-49(52)43-40-37-34-31-18-15-12-9-6-3)57-51(54)45-42-39-36-33-30-27-22-20-17-14-11-8-5-2/h20,22-24,48H,4-19,21,25-47H2,1-3H3/b22-20-,24-23-/t48-/m1/s1. The van der Waals surface area contributed by atoms with Gasteiger partial charge in [0, 0.05) is 19.3 Å². The van der Waals surface area contributed by atoms with Crippen LogP contribution in [0.25, 0.3) is 0 Å². The summed E-state index contributed by atoms with van der Waals surface area (Å²) in [4.78, 5) is 37.8. The van der Waals surface area contributed by atoms with Crippen LogP contribution in [0, 0.1) is 0 Å². The molecule has 0 heterocycles. The second-order valence-electron chi connectivity index (χ2n) is 16.7. The number of rotatable bonds is 45. The summed E-state index contributed by atoms with van der Waals surface area (Å²) in [5.74, 6) is -0.881. The number of hydrogen-bond donors (Lipinski definition) is 0. The first kappa shape index (κ1) is 54.9. The van der Waals surface area contributed by atoms with Crippen LogP contribution in [0.5, 0.6) is 0 Å². The SMILES string of the molecule is CCCCCC/C=C\CCCCCCCC(=O)O[C@@H](COC(=O)CCCCCCCCC/C=C\CCCCCCCC)COC(=O)CCCCCCCCCCC. The van der Waals surface area contributed by atoms with Crippen LogP contribution in [0.15, 0.2) is 24.3 Å². The van der Waals surface area contributed by atoms with Crippen LogP contribution in [-0.4, -0.2) is 37.2 Å². The molecule has 6 heteroatoms. The first-order valence-electron chi connectivity index (χ1n) is 24.8. The Morgan fingerprint density at radius 3 is 0.895 bits per heavy atom. The minimum atomic E-state index is -0.771. The van der Waals surface area contributed by atoms with E-state index in [4.69, 9.17) is 14.2 Å². The normalized spacial score (nSPS) is 12.1. The first-order chi connectivity index (χ1) is 28.0. The van der Waals surface area contributed by atoms with Crippen molar-refractivity contribution in [2.45, 2.75) is 271 Å². The van der Waals surface area contributed by atoms with Crippen LogP contribution in [0.2, 0.25) is 0 Å². The van der Waals surface area contributed by atoms with E-state index in [9.17, 15) is 14.4 Å². The predicted octanol–water partition coefficient (Wildman–Crippen LogP) is 16.0.